The number of carbonyl (C=O) groups excluding carboxylic acids is 1. The maximum atomic E-state index is 12.6. The third-order valence-electron chi connectivity index (χ3n) is 6.46. The van der Waals surface area contributed by atoms with E-state index in [1.807, 2.05) is 41.2 Å². The number of para-hydroxylation sites is 1. The summed E-state index contributed by atoms with van der Waals surface area (Å²) >= 11 is 0. The Kier molecular flexibility index (Phi) is 9.82. The molecule has 0 radical (unpaired) electrons. The summed E-state index contributed by atoms with van der Waals surface area (Å²) in [5.41, 5.74) is 3.31. The van der Waals surface area contributed by atoms with Gasteiger partial charge in [0.1, 0.15) is 0 Å². The molecule has 6 nitrogen and oxygen atoms in total. The molecule has 2 aromatic rings. The number of fused-ring (bicyclic) bond motifs is 2. The SMILES string of the molecule is Cc1ccccc1-n1cc(CN(C)C(=O)CCC[C@@H]2NC[C@@H]3CNC[C@H]2C3)cn1.Cl.Cl. The molecule has 1 amide bonds. The minimum Gasteiger partial charge on any atom is -0.341 e. The van der Waals surface area contributed by atoms with Crippen LogP contribution in [0.2, 0.25) is 0 Å². The van der Waals surface area contributed by atoms with Gasteiger partial charge < -0.3 is 15.5 Å². The highest BCUT2D eigenvalue weighted by Gasteiger charge is 2.32. The zero-order valence-corrected chi connectivity index (χ0v) is 20.1. The highest BCUT2D eigenvalue weighted by molar-refractivity contribution is 5.85. The average molecular weight is 468 g/mol. The molecule has 0 saturated carbocycles. The molecule has 0 unspecified atom stereocenters. The molecule has 3 atom stereocenters. The first-order chi connectivity index (χ1) is 14.1. The number of aryl methyl sites for hydroxylation is 1. The number of halogens is 2. The molecule has 2 saturated heterocycles. The van der Waals surface area contributed by atoms with E-state index < -0.39 is 0 Å². The Bertz CT molecular complexity index is 843. The summed E-state index contributed by atoms with van der Waals surface area (Å²) in [4.78, 5) is 14.4. The summed E-state index contributed by atoms with van der Waals surface area (Å²) in [6, 6.07) is 8.75. The van der Waals surface area contributed by atoms with E-state index in [0.717, 1.165) is 55.6 Å². The molecular weight excluding hydrogens is 433 g/mol. The number of nitrogens with zero attached hydrogens (tertiary/aromatic N) is 3. The number of rotatable bonds is 7. The molecule has 0 aliphatic carbocycles. The zero-order chi connectivity index (χ0) is 20.2. The summed E-state index contributed by atoms with van der Waals surface area (Å²) in [5, 5.41) is 11.7. The van der Waals surface area contributed by atoms with Gasteiger partial charge in [0.2, 0.25) is 5.91 Å². The first-order valence-corrected chi connectivity index (χ1v) is 10.9. The lowest BCUT2D eigenvalue weighted by molar-refractivity contribution is -0.130. The molecule has 3 heterocycles. The molecule has 0 spiro atoms. The molecule has 172 valence electrons. The van der Waals surface area contributed by atoms with Gasteiger partial charge in [-0.25, -0.2) is 4.68 Å². The van der Waals surface area contributed by atoms with Crippen LogP contribution in [0.3, 0.4) is 0 Å². The number of amides is 1. The number of benzene rings is 1. The molecule has 1 aromatic carbocycles. The van der Waals surface area contributed by atoms with Gasteiger partial charge in [-0.1, -0.05) is 18.2 Å². The lowest BCUT2D eigenvalue weighted by Gasteiger charge is -2.41. The molecule has 2 aliphatic heterocycles. The first-order valence-electron chi connectivity index (χ1n) is 10.9. The van der Waals surface area contributed by atoms with Gasteiger partial charge in [0.15, 0.2) is 0 Å². The van der Waals surface area contributed by atoms with E-state index >= 15 is 0 Å². The standard InChI is InChI=1S/C23H33N5O.2ClH/c1-17-6-3-4-8-22(17)28-16-19(13-26-28)15-27(2)23(29)9-5-7-21-20-10-18(12-25-21)11-24-14-20;;/h3-4,6,8,13,16,18,20-21,24-25H,5,7,9-12,14-15H2,1-2H3;2*1H/t18-,20+,21-;;/m0../s1. The second-order valence-corrected chi connectivity index (χ2v) is 8.76. The summed E-state index contributed by atoms with van der Waals surface area (Å²) in [7, 11) is 1.89. The molecule has 31 heavy (non-hydrogen) atoms. The van der Waals surface area contributed by atoms with E-state index in [9.17, 15) is 4.79 Å². The van der Waals surface area contributed by atoms with Gasteiger partial charge in [-0.15, -0.1) is 24.8 Å². The molecule has 4 rings (SSSR count). The Balaban J connectivity index is 0.00000171. The monoisotopic (exact) mass is 467 g/mol. The largest absolute Gasteiger partial charge is 0.341 e. The minimum atomic E-state index is 0. The Morgan fingerprint density at radius 2 is 2.03 bits per heavy atom. The highest BCUT2D eigenvalue weighted by atomic mass is 35.5. The van der Waals surface area contributed by atoms with Gasteiger partial charge in [0.05, 0.1) is 11.9 Å². The summed E-state index contributed by atoms with van der Waals surface area (Å²) in [6.45, 7) is 6.07. The Morgan fingerprint density at radius 1 is 1.23 bits per heavy atom. The van der Waals surface area contributed by atoms with Crippen molar-refractivity contribution in [1.29, 1.82) is 0 Å². The second-order valence-electron chi connectivity index (χ2n) is 8.76. The molecule has 8 heteroatoms. The molecule has 2 bridgehead atoms. The number of hydrogen-bond acceptors (Lipinski definition) is 4. The zero-order valence-electron chi connectivity index (χ0n) is 18.4. The fourth-order valence-electron chi connectivity index (χ4n) is 4.77. The van der Waals surface area contributed by atoms with E-state index in [1.54, 1.807) is 0 Å². The fourth-order valence-corrected chi connectivity index (χ4v) is 4.77. The van der Waals surface area contributed by atoms with Crippen molar-refractivity contribution in [1.82, 2.24) is 25.3 Å². The maximum absolute atomic E-state index is 12.6. The summed E-state index contributed by atoms with van der Waals surface area (Å²) in [6.07, 6.45) is 7.86. The topological polar surface area (TPSA) is 62.2 Å². The van der Waals surface area contributed by atoms with Crippen molar-refractivity contribution >= 4 is 30.7 Å². The number of nitrogens with one attached hydrogen (secondary N) is 2. The second kappa shape index (κ2) is 11.9. The van der Waals surface area contributed by atoms with E-state index in [2.05, 4.69) is 34.8 Å². The molecular formula is C23H35Cl2N5O. The number of carbonyl (C=O) groups is 1. The maximum Gasteiger partial charge on any atom is 0.222 e. The van der Waals surface area contributed by atoms with E-state index in [0.29, 0.717) is 19.0 Å². The molecule has 1 aromatic heterocycles. The van der Waals surface area contributed by atoms with Crippen molar-refractivity contribution in [2.45, 2.75) is 45.2 Å². The van der Waals surface area contributed by atoms with Gasteiger partial charge >= 0.3 is 0 Å². The van der Waals surface area contributed by atoms with Crippen LogP contribution >= 0.6 is 24.8 Å². The van der Waals surface area contributed by atoms with Gasteiger partial charge in [0, 0.05) is 37.8 Å². The number of piperidine rings is 2. The van der Waals surface area contributed by atoms with Crippen molar-refractivity contribution < 1.29 is 4.79 Å². The Hall–Kier alpha value is -1.60. The minimum absolute atomic E-state index is 0. The van der Waals surface area contributed by atoms with E-state index in [4.69, 9.17) is 0 Å². The van der Waals surface area contributed by atoms with Crippen LogP contribution in [-0.2, 0) is 11.3 Å². The van der Waals surface area contributed by atoms with Crippen molar-refractivity contribution in [3.05, 3.63) is 47.8 Å². The van der Waals surface area contributed by atoms with Crippen LogP contribution in [0.25, 0.3) is 5.69 Å². The van der Waals surface area contributed by atoms with Gasteiger partial charge in [-0.2, -0.15) is 5.10 Å². The van der Waals surface area contributed by atoms with Crippen molar-refractivity contribution in [2.24, 2.45) is 11.8 Å². The normalized spacial score (nSPS) is 22.2. The van der Waals surface area contributed by atoms with Crippen LogP contribution < -0.4 is 10.6 Å². The van der Waals surface area contributed by atoms with Crippen molar-refractivity contribution in [3.8, 4) is 5.69 Å². The predicted octanol–water partition coefficient (Wildman–Crippen LogP) is 3.35. The van der Waals surface area contributed by atoms with Crippen molar-refractivity contribution in [3.63, 3.8) is 0 Å². The molecule has 2 N–H and O–H groups in total. The Labute approximate surface area is 198 Å². The van der Waals surface area contributed by atoms with Crippen LogP contribution in [0, 0.1) is 18.8 Å². The lowest BCUT2D eigenvalue weighted by atomic mass is 9.80. The first kappa shape index (κ1) is 25.7. The van der Waals surface area contributed by atoms with Gasteiger partial charge in [-0.3, -0.25) is 4.79 Å². The lowest BCUT2D eigenvalue weighted by Crippen LogP contribution is -2.54. The molecule has 2 fully saturated rings. The van der Waals surface area contributed by atoms with Gasteiger partial charge in [0.25, 0.3) is 0 Å². The third-order valence-corrected chi connectivity index (χ3v) is 6.46. The smallest absolute Gasteiger partial charge is 0.222 e. The summed E-state index contributed by atoms with van der Waals surface area (Å²) in [5.74, 6) is 1.73. The van der Waals surface area contributed by atoms with Crippen LogP contribution in [0.1, 0.15) is 36.8 Å². The average Bonchev–Trinajstić information content (AvgIpc) is 3.18. The van der Waals surface area contributed by atoms with Gasteiger partial charge in [-0.05, 0) is 69.3 Å². The fraction of sp³-hybridized carbons (Fsp3) is 0.565. The predicted molar refractivity (Wildman–Crippen MR) is 129 cm³/mol. The van der Waals surface area contributed by atoms with Crippen LogP contribution in [0.4, 0.5) is 0 Å². The quantitative estimate of drug-likeness (QED) is 0.655. The third kappa shape index (κ3) is 6.45. The van der Waals surface area contributed by atoms with Crippen molar-refractivity contribution in [2.75, 3.05) is 26.7 Å². The van der Waals surface area contributed by atoms with E-state index in [1.165, 1.54) is 12.0 Å². The van der Waals surface area contributed by atoms with Crippen LogP contribution in [0.15, 0.2) is 36.7 Å². The number of aromatic nitrogens is 2. The Morgan fingerprint density at radius 3 is 2.84 bits per heavy atom. The van der Waals surface area contributed by atoms with Crippen LogP contribution in [0.5, 0.6) is 0 Å². The number of hydrogen-bond donors (Lipinski definition) is 2. The van der Waals surface area contributed by atoms with E-state index in [-0.39, 0.29) is 30.7 Å². The summed E-state index contributed by atoms with van der Waals surface area (Å²) < 4.78 is 1.89. The van der Waals surface area contributed by atoms with Crippen LogP contribution in [-0.4, -0.2) is 53.3 Å². The highest BCUT2D eigenvalue weighted by Crippen LogP contribution is 2.26. The molecule has 2 aliphatic rings.